The molecule has 0 aliphatic rings. The van der Waals surface area contributed by atoms with E-state index in [0.717, 1.165) is 5.56 Å². The van der Waals surface area contributed by atoms with Crippen molar-refractivity contribution in [3.05, 3.63) is 24.5 Å². The maximum absolute atomic E-state index is 8.64. The molecule has 1 rings (SSSR count). The molecule has 3 heteroatoms. The van der Waals surface area contributed by atoms with Gasteiger partial charge in [-0.3, -0.25) is 0 Å². The summed E-state index contributed by atoms with van der Waals surface area (Å²) in [7, 11) is 0. The first-order chi connectivity index (χ1) is 4.74. The van der Waals surface area contributed by atoms with Crippen molar-refractivity contribution >= 4 is 5.70 Å². The van der Waals surface area contributed by atoms with Crippen LogP contribution in [0.2, 0.25) is 0 Å². The van der Waals surface area contributed by atoms with Crippen LogP contribution in [0.4, 0.5) is 0 Å². The fourth-order valence-electron chi connectivity index (χ4n) is 0.658. The van der Waals surface area contributed by atoms with Crippen LogP contribution in [0.1, 0.15) is 5.56 Å². The molecule has 0 fully saturated rings. The second-order valence-electron chi connectivity index (χ2n) is 2.19. The van der Waals surface area contributed by atoms with Crippen LogP contribution in [0.15, 0.2) is 19.0 Å². The molecule has 54 valence electrons. The highest BCUT2D eigenvalue weighted by Gasteiger charge is 1.95. The number of aryl methyl sites for hydroxylation is 1. The van der Waals surface area contributed by atoms with Crippen LogP contribution >= 0.6 is 0 Å². The zero-order valence-corrected chi connectivity index (χ0v) is 5.91. The highest BCUT2D eigenvalue weighted by molar-refractivity contribution is 5.40. The van der Waals surface area contributed by atoms with E-state index in [1.165, 1.54) is 0 Å². The smallest absolute Gasteiger partial charge is 0.0847 e. The molecule has 1 aromatic heterocycles. The average Bonchev–Trinajstić information content (AvgIpc) is 2.34. The molecule has 1 aromatic rings. The SMILES string of the molecule is C=C(CO)n1cc(C)cn1. The molecule has 0 atom stereocenters. The van der Waals surface area contributed by atoms with Crippen LogP contribution in [0.25, 0.3) is 5.70 Å². The van der Waals surface area contributed by atoms with Gasteiger partial charge in [0.25, 0.3) is 0 Å². The van der Waals surface area contributed by atoms with Gasteiger partial charge in [0.15, 0.2) is 0 Å². The van der Waals surface area contributed by atoms with Crippen LogP contribution < -0.4 is 0 Å². The molecule has 0 saturated heterocycles. The summed E-state index contributed by atoms with van der Waals surface area (Å²) < 4.78 is 1.56. The maximum atomic E-state index is 8.64. The molecule has 1 N–H and O–H groups in total. The predicted octanol–water partition coefficient (Wildman–Crippen LogP) is 0.655. The summed E-state index contributed by atoms with van der Waals surface area (Å²) in [6.45, 7) is 5.49. The summed E-state index contributed by atoms with van der Waals surface area (Å²) in [5.74, 6) is 0. The average molecular weight is 138 g/mol. The van der Waals surface area contributed by atoms with Gasteiger partial charge in [-0.05, 0) is 12.5 Å². The number of nitrogens with zero attached hydrogens (tertiary/aromatic N) is 2. The Hall–Kier alpha value is -1.09. The largest absolute Gasteiger partial charge is 0.390 e. The molecule has 0 unspecified atom stereocenters. The van der Waals surface area contributed by atoms with Gasteiger partial charge in [-0.15, -0.1) is 0 Å². The second kappa shape index (κ2) is 2.66. The topological polar surface area (TPSA) is 38.0 Å². The molecular weight excluding hydrogens is 128 g/mol. The number of aliphatic hydroxyl groups excluding tert-OH is 1. The van der Waals surface area contributed by atoms with E-state index in [4.69, 9.17) is 5.11 Å². The van der Waals surface area contributed by atoms with Crippen molar-refractivity contribution in [2.75, 3.05) is 6.61 Å². The normalized spacial score (nSPS) is 9.80. The Balaban J connectivity index is 2.85. The Labute approximate surface area is 59.6 Å². The van der Waals surface area contributed by atoms with Gasteiger partial charge in [0.05, 0.1) is 18.5 Å². The number of aliphatic hydroxyl groups is 1. The first kappa shape index (κ1) is 7.02. The van der Waals surface area contributed by atoms with Crippen molar-refractivity contribution in [1.82, 2.24) is 9.78 Å². The fraction of sp³-hybridized carbons (Fsp3) is 0.286. The lowest BCUT2D eigenvalue weighted by molar-refractivity contribution is 0.342. The number of aromatic nitrogens is 2. The van der Waals surface area contributed by atoms with Crippen molar-refractivity contribution in [1.29, 1.82) is 0 Å². The molecule has 0 amide bonds. The molecule has 0 aliphatic carbocycles. The van der Waals surface area contributed by atoms with Crippen LogP contribution in [0, 0.1) is 6.92 Å². The molecule has 0 radical (unpaired) electrons. The van der Waals surface area contributed by atoms with Crippen molar-refractivity contribution in [2.45, 2.75) is 6.92 Å². The van der Waals surface area contributed by atoms with Gasteiger partial charge in [-0.1, -0.05) is 6.58 Å². The molecule has 0 bridgehead atoms. The quantitative estimate of drug-likeness (QED) is 0.651. The lowest BCUT2D eigenvalue weighted by Crippen LogP contribution is -1.99. The summed E-state index contributed by atoms with van der Waals surface area (Å²) in [5.41, 5.74) is 1.66. The Morgan fingerprint density at radius 2 is 2.60 bits per heavy atom. The van der Waals surface area contributed by atoms with Crippen molar-refractivity contribution < 1.29 is 5.11 Å². The minimum Gasteiger partial charge on any atom is -0.390 e. The monoisotopic (exact) mass is 138 g/mol. The van der Waals surface area contributed by atoms with E-state index < -0.39 is 0 Å². The first-order valence-electron chi connectivity index (χ1n) is 3.04. The third-order valence-corrected chi connectivity index (χ3v) is 1.22. The molecular formula is C7H10N2O. The Bertz CT molecular complexity index is 240. The Morgan fingerprint density at radius 1 is 1.90 bits per heavy atom. The highest BCUT2D eigenvalue weighted by Crippen LogP contribution is 2.00. The zero-order chi connectivity index (χ0) is 7.56. The number of hydrogen-bond acceptors (Lipinski definition) is 2. The summed E-state index contributed by atoms with van der Waals surface area (Å²) in [5, 5.41) is 12.6. The minimum atomic E-state index is -0.0544. The second-order valence-corrected chi connectivity index (χ2v) is 2.19. The minimum absolute atomic E-state index is 0.0544. The van der Waals surface area contributed by atoms with Crippen molar-refractivity contribution in [3.8, 4) is 0 Å². The van der Waals surface area contributed by atoms with E-state index in [-0.39, 0.29) is 6.61 Å². The molecule has 1 heterocycles. The van der Waals surface area contributed by atoms with E-state index in [1.807, 2.05) is 13.1 Å². The van der Waals surface area contributed by atoms with Crippen molar-refractivity contribution in [3.63, 3.8) is 0 Å². The Morgan fingerprint density at radius 3 is 3.00 bits per heavy atom. The predicted molar refractivity (Wildman–Crippen MR) is 39.4 cm³/mol. The Kier molecular flexibility index (Phi) is 1.87. The maximum Gasteiger partial charge on any atom is 0.0847 e. The summed E-state index contributed by atoms with van der Waals surface area (Å²) in [4.78, 5) is 0. The van der Waals surface area contributed by atoms with E-state index in [9.17, 15) is 0 Å². The third-order valence-electron chi connectivity index (χ3n) is 1.22. The van der Waals surface area contributed by atoms with Crippen LogP contribution in [-0.4, -0.2) is 21.5 Å². The third kappa shape index (κ3) is 1.25. The van der Waals surface area contributed by atoms with E-state index in [2.05, 4.69) is 11.7 Å². The van der Waals surface area contributed by atoms with Gasteiger partial charge in [-0.2, -0.15) is 5.10 Å². The standard InChI is InChI=1S/C7H10N2O/c1-6-3-8-9(4-6)7(2)5-10/h3-4,10H,2,5H2,1H3. The number of rotatable bonds is 2. The van der Waals surface area contributed by atoms with Crippen LogP contribution in [0.3, 0.4) is 0 Å². The molecule has 0 spiro atoms. The van der Waals surface area contributed by atoms with Gasteiger partial charge in [-0.25, -0.2) is 4.68 Å². The first-order valence-corrected chi connectivity index (χ1v) is 3.04. The van der Waals surface area contributed by atoms with Gasteiger partial charge in [0.2, 0.25) is 0 Å². The van der Waals surface area contributed by atoms with Crippen LogP contribution in [-0.2, 0) is 0 Å². The fourth-order valence-corrected chi connectivity index (χ4v) is 0.658. The molecule has 3 nitrogen and oxygen atoms in total. The van der Waals surface area contributed by atoms with E-state index >= 15 is 0 Å². The molecule has 10 heavy (non-hydrogen) atoms. The molecule has 0 aliphatic heterocycles. The van der Waals surface area contributed by atoms with E-state index in [1.54, 1.807) is 10.9 Å². The zero-order valence-electron chi connectivity index (χ0n) is 5.91. The highest BCUT2D eigenvalue weighted by atomic mass is 16.3. The molecule has 0 aromatic carbocycles. The van der Waals surface area contributed by atoms with Gasteiger partial charge >= 0.3 is 0 Å². The van der Waals surface area contributed by atoms with Crippen LogP contribution in [0.5, 0.6) is 0 Å². The molecule has 0 saturated carbocycles. The lowest BCUT2D eigenvalue weighted by atomic mass is 10.4. The number of hydrogen-bond donors (Lipinski definition) is 1. The summed E-state index contributed by atoms with van der Waals surface area (Å²) >= 11 is 0. The van der Waals surface area contributed by atoms with Gasteiger partial charge in [0.1, 0.15) is 0 Å². The van der Waals surface area contributed by atoms with E-state index in [0.29, 0.717) is 5.70 Å². The van der Waals surface area contributed by atoms with Gasteiger partial charge < -0.3 is 5.11 Å². The van der Waals surface area contributed by atoms with Crippen molar-refractivity contribution in [2.24, 2.45) is 0 Å². The summed E-state index contributed by atoms with van der Waals surface area (Å²) in [6, 6.07) is 0. The summed E-state index contributed by atoms with van der Waals surface area (Å²) in [6.07, 6.45) is 3.54. The van der Waals surface area contributed by atoms with Gasteiger partial charge in [0, 0.05) is 6.20 Å². The lowest BCUT2D eigenvalue weighted by Gasteiger charge is -1.98.